The smallest absolute Gasteiger partial charge is 0.352 e. The van der Waals surface area contributed by atoms with Crippen molar-refractivity contribution in [1.29, 1.82) is 0 Å². The van der Waals surface area contributed by atoms with E-state index in [0.29, 0.717) is 22.4 Å². The second kappa shape index (κ2) is 7.49. The van der Waals surface area contributed by atoms with Gasteiger partial charge in [-0.3, -0.25) is 14.5 Å². The minimum absolute atomic E-state index is 0.0108. The molecule has 0 bridgehead atoms. The van der Waals surface area contributed by atoms with Gasteiger partial charge in [0.1, 0.15) is 22.9 Å². The van der Waals surface area contributed by atoms with Crippen molar-refractivity contribution in [3.8, 4) is 5.75 Å². The van der Waals surface area contributed by atoms with Crippen molar-refractivity contribution in [2.24, 2.45) is 0 Å². The Morgan fingerprint density at radius 3 is 2.72 bits per heavy atom. The molecule has 0 unspecified atom stereocenters. The highest BCUT2D eigenvalue weighted by atomic mass is 79.9. The summed E-state index contributed by atoms with van der Waals surface area (Å²) in [5.41, 5.74) is 0.663. The number of para-hydroxylation sites is 1. The van der Waals surface area contributed by atoms with Crippen molar-refractivity contribution in [3.63, 3.8) is 0 Å². The molecule has 1 aromatic rings. The van der Waals surface area contributed by atoms with Gasteiger partial charge in [-0.1, -0.05) is 34.1 Å². The van der Waals surface area contributed by atoms with Crippen LogP contribution in [0.2, 0.25) is 0 Å². The molecule has 2 heterocycles. The molecule has 1 fully saturated rings. The zero-order chi connectivity index (χ0) is 18.0. The summed E-state index contributed by atoms with van der Waals surface area (Å²) < 4.78 is 5.35. The lowest BCUT2D eigenvalue weighted by Gasteiger charge is -2.49. The predicted molar refractivity (Wildman–Crippen MR) is 95.4 cm³/mol. The van der Waals surface area contributed by atoms with Gasteiger partial charge in [-0.15, -0.1) is 11.8 Å². The topological polar surface area (TPSA) is 95.9 Å². The van der Waals surface area contributed by atoms with Crippen LogP contribution in [0.4, 0.5) is 0 Å². The fraction of sp³-hybridized carbons (Fsp3) is 0.312. The molecule has 0 aromatic heterocycles. The zero-order valence-corrected chi connectivity index (χ0v) is 15.4. The number of amides is 2. The van der Waals surface area contributed by atoms with E-state index >= 15 is 0 Å². The van der Waals surface area contributed by atoms with Gasteiger partial charge in [0.2, 0.25) is 0 Å². The molecule has 25 heavy (non-hydrogen) atoms. The first-order chi connectivity index (χ1) is 12.0. The Bertz CT molecular complexity index is 739. The van der Waals surface area contributed by atoms with Crippen LogP contribution in [0, 0.1) is 0 Å². The third-order valence-corrected chi connectivity index (χ3v) is 5.86. The first-order valence-corrected chi connectivity index (χ1v) is 9.63. The molecule has 2 N–H and O–H groups in total. The van der Waals surface area contributed by atoms with E-state index in [9.17, 15) is 19.5 Å². The van der Waals surface area contributed by atoms with Gasteiger partial charge in [-0.05, 0) is 17.7 Å². The van der Waals surface area contributed by atoms with Gasteiger partial charge in [0.25, 0.3) is 11.8 Å². The van der Waals surface area contributed by atoms with Crippen LogP contribution in [0.5, 0.6) is 5.75 Å². The monoisotopic (exact) mass is 426 g/mol. The number of ether oxygens (including phenoxy) is 1. The molecule has 2 aliphatic rings. The fourth-order valence-corrected chi connectivity index (χ4v) is 4.74. The second-order valence-corrected chi connectivity index (χ2v) is 7.11. The van der Waals surface area contributed by atoms with Crippen LogP contribution in [-0.4, -0.2) is 56.9 Å². The molecule has 0 aliphatic carbocycles. The van der Waals surface area contributed by atoms with E-state index in [1.807, 2.05) is 6.07 Å². The summed E-state index contributed by atoms with van der Waals surface area (Å²) in [6, 6.07) is 8.14. The van der Waals surface area contributed by atoms with Crippen LogP contribution in [-0.2, 0) is 14.4 Å². The molecule has 2 aliphatic heterocycles. The molecule has 132 valence electrons. The number of benzene rings is 1. The zero-order valence-electron chi connectivity index (χ0n) is 13.0. The largest absolute Gasteiger partial charge is 0.484 e. The van der Waals surface area contributed by atoms with E-state index in [1.54, 1.807) is 24.3 Å². The number of alkyl halides is 1. The SMILES string of the molecule is O=C(COc1ccccc1)N[C@@H]1C(=O)N2C(C(=O)O)=C(CBr)CS[C@H]12. The van der Waals surface area contributed by atoms with Gasteiger partial charge < -0.3 is 15.2 Å². The summed E-state index contributed by atoms with van der Waals surface area (Å²) in [4.78, 5) is 37.1. The minimum Gasteiger partial charge on any atom is -0.484 e. The number of β-lactam (4-membered cyclic amide) rings is 1. The van der Waals surface area contributed by atoms with Crippen LogP contribution in [0.25, 0.3) is 0 Å². The van der Waals surface area contributed by atoms with Crippen LogP contribution in [0.15, 0.2) is 41.6 Å². The molecule has 2 amide bonds. The molecular weight excluding hydrogens is 412 g/mol. The van der Waals surface area contributed by atoms with Crippen LogP contribution >= 0.6 is 27.7 Å². The minimum atomic E-state index is -1.13. The van der Waals surface area contributed by atoms with E-state index in [0.717, 1.165) is 0 Å². The summed E-state index contributed by atoms with van der Waals surface area (Å²) >= 11 is 4.68. The lowest BCUT2D eigenvalue weighted by Crippen LogP contribution is -2.70. The average Bonchev–Trinajstić information content (AvgIpc) is 2.63. The number of hydrogen-bond acceptors (Lipinski definition) is 5. The van der Waals surface area contributed by atoms with Gasteiger partial charge in [0, 0.05) is 11.1 Å². The molecule has 0 saturated carbocycles. The number of carboxylic acid groups (broad SMARTS) is 1. The van der Waals surface area contributed by atoms with Crippen molar-refractivity contribution >= 4 is 45.5 Å². The second-order valence-electron chi connectivity index (χ2n) is 5.45. The van der Waals surface area contributed by atoms with E-state index in [2.05, 4.69) is 21.2 Å². The maximum absolute atomic E-state index is 12.3. The van der Waals surface area contributed by atoms with Crippen LogP contribution in [0.3, 0.4) is 0 Å². The molecule has 0 spiro atoms. The Morgan fingerprint density at radius 1 is 1.36 bits per heavy atom. The van der Waals surface area contributed by atoms with Gasteiger partial charge in [0.15, 0.2) is 6.61 Å². The number of aliphatic carboxylic acids is 1. The molecule has 2 atom stereocenters. The number of rotatable bonds is 6. The molecule has 7 nitrogen and oxygen atoms in total. The number of carboxylic acids is 1. The summed E-state index contributed by atoms with van der Waals surface area (Å²) in [6.45, 7) is -0.209. The first kappa shape index (κ1) is 17.8. The summed E-state index contributed by atoms with van der Waals surface area (Å²) in [5, 5.41) is 12.0. The Kier molecular flexibility index (Phi) is 5.33. The first-order valence-electron chi connectivity index (χ1n) is 7.46. The standard InChI is InChI=1S/C16H15BrN2O5S/c17-6-9-8-25-15-12(14(21)19(15)13(9)16(22)23)18-11(20)7-24-10-4-2-1-3-5-10/h1-5,12,15H,6-8H2,(H,18,20)(H,22,23)/t12-,15-/m1/s1. The summed E-state index contributed by atoms with van der Waals surface area (Å²) in [5.74, 6) is -0.917. The Balaban J connectivity index is 1.61. The Labute approximate surface area is 156 Å². The van der Waals surface area contributed by atoms with Crippen molar-refractivity contribution in [2.75, 3.05) is 17.7 Å². The lowest BCUT2D eigenvalue weighted by molar-refractivity contribution is -0.150. The average molecular weight is 427 g/mol. The molecule has 3 rings (SSSR count). The number of hydrogen-bond donors (Lipinski definition) is 2. The number of nitrogens with one attached hydrogen (secondary N) is 1. The number of carbonyl (C=O) groups is 3. The summed E-state index contributed by atoms with van der Waals surface area (Å²) in [7, 11) is 0. The van der Waals surface area contributed by atoms with Crippen LogP contribution in [0.1, 0.15) is 0 Å². The van der Waals surface area contributed by atoms with E-state index in [-0.39, 0.29) is 12.3 Å². The molecule has 1 aromatic carbocycles. The lowest BCUT2D eigenvalue weighted by atomic mass is 10.0. The quantitative estimate of drug-likeness (QED) is 0.523. The van der Waals surface area contributed by atoms with Gasteiger partial charge in [0.05, 0.1) is 0 Å². The Hall–Kier alpha value is -2.00. The normalized spacial score (nSPS) is 22.1. The third kappa shape index (κ3) is 3.52. The molecular formula is C16H15BrN2O5S. The van der Waals surface area contributed by atoms with Crippen molar-refractivity contribution in [3.05, 3.63) is 41.6 Å². The number of nitrogens with zero attached hydrogens (tertiary/aromatic N) is 1. The van der Waals surface area contributed by atoms with E-state index in [1.165, 1.54) is 16.7 Å². The predicted octanol–water partition coefficient (Wildman–Crippen LogP) is 1.20. The number of carbonyl (C=O) groups excluding carboxylic acids is 2. The maximum Gasteiger partial charge on any atom is 0.352 e. The Morgan fingerprint density at radius 2 is 2.08 bits per heavy atom. The maximum atomic E-state index is 12.3. The highest BCUT2D eigenvalue weighted by Crippen LogP contribution is 2.40. The van der Waals surface area contributed by atoms with E-state index in [4.69, 9.17) is 4.74 Å². The summed E-state index contributed by atoms with van der Waals surface area (Å²) in [6.07, 6.45) is 0. The molecule has 9 heteroatoms. The van der Waals surface area contributed by atoms with Gasteiger partial charge >= 0.3 is 5.97 Å². The molecule has 0 radical (unpaired) electrons. The highest BCUT2D eigenvalue weighted by molar-refractivity contribution is 9.09. The van der Waals surface area contributed by atoms with Crippen molar-refractivity contribution in [2.45, 2.75) is 11.4 Å². The highest BCUT2D eigenvalue weighted by Gasteiger charge is 2.54. The van der Waals surface area contributed by atoms with Crippen molar-refractivity contribution in [1.82, 2.24) is 10.2 Å². The number of halogens is 1. The van der Waals surface area contributed by atoms with Gasteiger partial charge in [-0.25, -0.2) is 4.79 Å². The third-order valence-electron chi connectivity index (χ3n) is 3.84. The number of fused-ring (bicyclic) bond motifs is 1. The number of thioether (sulfide) groups is 1. The van der Waals surface area contributed by atoms with E-state index < -0.39 is 29.2 Å². The van der Waals surface area contributed by atoms with Crippen molar-refractivity contribution < 1.29 is 24.2 Å². The fourth-order valence-electron chi connectivity index (χ4n) is 2.67. The molecule has 1 saturated heterocycles. The van der Waals surface area contributed by atoms with Gasteiger partial charge in [-0.2, -0.15) is 0 Å². The van der Waals surface area contributed by atoms with Crippen LogP contribution < -0.4 is 10.1 Å².